The maximum atomic E-state index is 14.3. The zero-order valence-electron chi connectivity index (χ0n) is 13.1. The van der Waals surface area contributed by atoms with Gasteiger partial charge in [0.25, 0.3) is 0 Å². The van der Waals surface area contributed by atoms with Crippen LogP contribution in [0.2, 0.25) is 0 Å². The summed E-state index contributed by atoms with van der Waals surface area (Å²) >= 11 is 0. The highest BCUT2D eigenvalue weighted by Gasteiger charge is 2.28. The van der Waals surface area contributed by atoms with Crippen molar-refractivity contribution in [2.75, 3.05) is 32.1 Å². The topological polar surface area (TPSA) is 32.5 Å². The van der Waals surface area contributed by atoms with Crippen molar-refractivity contribution in [1.29, 1.82) is 0 Å². The first-order chi connectivity index (χ1) is 9.92. The Labute approximate surface area is 125 Å². The van der Waals surface area contributed by atoms with E-state index in [2.05, 4.69) is 4.90 Å². The van der Waals surface area contributed by atoms with Crippen LogP contribution in [0.5, 0.6) is 0 Å². The van der Waals surface area contributed by atoms with Gasteiger partial charge in [0, 0.05) is 25.2 Å². The fraction of sp³-hybridized carbons (Fsp3) is 0.625. The Morgan fingerprint density at radius 3 is 2.43 bits per heavy atom. The minimum atomic E-state index is -0.479. The molecule has 1 heterocycles. The largest absolute Gasteiger partial charge is 0.365 e. The Morgan fingerprint density at radius 1 is 1.33 bits per heavy atom. The smallest absolute Gasteiger partial charge is 0.149 e. The minimum Gasteiger partial charge on any atom is -0.365 e. The van der Waals surface area contributed by atoms with Crippen molar-refractivity contribution in [2.24, 2.45) is 5.73 Å². The molecule has 0 aromatic heterocycles. The van der Waals surface area contributed by atoms with E-state index in [-0.39, 0.29) is 11.7 Å². The first-order valence-electron chi connectivity index (χ1n) is 7.57. The summed E-state index contributed by atoms with van der Waals surface area (Å²) in [7, 11) is 3.99. The quantitative estimate of drug-likeness (QED) is 0.906. The molecule has 1 aromatic rings. The number of benzene rings is 1. The maximum Gasteiger partial charge on any atom is 0.149 e. The van der Waals surface area contributed by atoms with Crippen LogP contribution in [-0.4, -0.2) is 44.2 Å². The van der Waals surface area contributed by atoms with E-state index < -0.39 is 11.6 Å². The molecule has 1 saturated heterocycles. The van der Waals surface area contributed by atoms with Crippen molar-refractivity contribution in [2.45, 2.75) is 38.3 Å². The van der Waals surface area contributed by atoms with Gasteiger partial charge in [0.05, 0.1) is 0 Å². The summed E-state index contributed by atoms with van der Waals surface area (Å²) in [6.07, 6.45) is 2.22. The minimum absolute atomic E-state index is 0.0560. The Bertz CT molecular complexity index is 467. The van der Waals surface area contributed by atoms with Gasteiger partial charge in [0.1, 0.15) is 17.3 Å². The molecular weight excluding hydrogens is 272 g/mol. The molecule has 0 amide bonds. The van der Waals surface area contributed by atoms with Crippen molar-refractivity contribution in [3.63, 3.8) is 0 Å². The molecule has 1 aliphatic rings. The first-order valence-corrected chi connectivity index (χ1v) is 7.57. The Kier molecular flexibility index (Phi) is 5.17. The van der Waals surface area contributed by atoms with Gasteiger partial charge in [-0.3, -0.25) is 0 Å². The van der Waals surface area contributed by atoms with Gasteiger partial charge in [-0.1, -0.05) is 6.92 Å². The Balaban J connectivity index is 2.18. The highest BCUT2D eigenvalue weighted by atomic mass is 19.1. The number of anilines is 1. The standard InChI is InChI=1S/C16H25F2N3/c1-4-12(19)7-11-8-14(17)16(15(18)9-11)21-6-5-13(10-21)20(2)3/h8-9,12-13H,4-7,10,19H2,1-3H3. The van der Waals surface area contributed by atoms with E-state index >= 15 is 0 Å². The molecule has 0 bridgehead atoms. The molecule has 21 heavy (non-hydrogen) atoms. The Morgan fingerprint density at radius 2 is 1.95 bits per heavy atom. The second kappa shape index (κ2) is 6.71. The summed E-state index contributed by atoms with van der Waals surface area (Å²) in [5.41, 5.74) is 6.59. The van der Waals surface area contributed by atoms with Crippen LogP contribution in [0.1, 0.15) is 25.3 Å². The van der Waals surface area contributed by atoms with Gasteiger partial charge in [-0.25, -0.2) is 8.78 Å². The third-order valence-electron chi connectivity index (χ3n) is 4.31. The maximum absolute atomic E-state index is 14.3. The summed E-state index contributed by atoms with van der Waals surface area (Å²) in [5, 5.41) is 0. The van der Waals surface area contributed by atoms with E-state index in [1.807, 2.05) is 21.0 Å². The number of nitrogens with zero attached hydrogens (tertiary/aromatic N) is 2. The zero-order chi connectivity index (χ0) is 15.6. The molecule has 0 aliphatic carbocycles. The molecule has 1 fully saturated rings. The van der Waals surface area contributed by atoms with E-state index in [1.54, 1.807) is 4.90 Å². The van der Waals surface area contributed by atoms with Crippen LogP contribution < -0.4 is 10.6 Å². The van der Waals surface area contributed by atoms with Crippen LogP contribution in [-0.2, 0) is 6.42 Å². The van der Waals surface area contributed by atoms with Crippen LogP contribution in [0.4, 0.5) is 14.5 Å². The van der Waals surface area contributed by atoms with E-state index in [0.717, 1.165) is 12.8 Å². The van der Waals surface area contributed by atoms with Gasteiger partial charge in [-0.05, 0) is 51.1 Å². The van der Waals surface area contributed by atoms with Gasteiger partial charge in [0.15, 0.2) is 0 Å². The van der Waals surface area contributed by atoms with Crippen molar-refractivity contribution >= 4 is 5.69 Å². The molecule has 1 aliphatic heterocycles. The molecule has 1 aromatic carbocycles. The van der Waals surface area contributed by atoms with Gasteiger partial charge < -0.3 is 15.5 Å². The van der Waals surface area contributed by atoms with Crippen LogP contribution in [0.25, 0.3) is 0 Å². The summed E-state index contributed by atoms with van der Waals surface area (Å²) in [4.78, 5) is 3.91. The molecule has 0 radical (unpaired) electrons. The molecular formula is C16H25F2N3. The van der Waals surface area contributed by atoms with E-state index in [4.69, 9.17) is 5.73 Å². The molecule has 2 atom stereocenters. The Hall–Kier alpha value is -1.20. The summed E-state index contributed by atoms with van der Waals surface area (Å²) in [6, 6.07) is 3.14. The third kappa shape index (κ3) is 3.71. The van der Waals surface area contributed by atoms with Crippen LogP contribution in [0, 0.1) is 11.6 Å². The van der Waals surface area contributed by atoms with Gasteiger partial charge >= 0.3 is 0 Å². The van der Waals surface area contributed by atoms with Crippen molar-refractivity contribution in [3.8, 4) is 0 Å². The van der Waals surface area contributed by atoms with Crippen LogP contribution in [0.3, 0.4) is 0 Å². The second-order valence-electron chi connectivity index (χ2n) is 6.13. The molecule has 2 rings (SSSR count). The molecule has 3 nitrogen and oxygen atoms in total. The summed E-state index contributed by atoms with van der Waals surface area (Å²) < 4.78 is 28.6. The third-order valence-corrected chi connectivity index (χ3v) is 4.31. The molecule has 5 heteroatoms. The van der Waals surface area contributed by atoms with Crippen LogP contribution >= 0.6 is 0 Å². The molecule has 0 spiro atoms. The molecule has 0 saturated carbocycles. The lowest BCUT2D eigenvalue weighted by Crippen LogP contribution is -2.32. The predicted molar refractivity (Wildman–Crippen MR) is 82.6 cm³/mol. The van der Waals surface area contributed by atoms with Gasteiger partial charge in [0.2, 0.25) is 0 Å². The SMILES string of the molecule is CCC(N)Cc1cc(F)c(N2CCC(N(C)C)C2)c(F)c1. The average Bonchev–Trinajstić information content (AvgIpc) is 2.87. The predicted octanol–water partition coefficient (Wildman–Crippen LogP) is 2.38. The fourth-order valence-electron chi connectivity index (χ4n) is 2.85. The lowest BCUT2D eigenvalue weighted by Gasteiger charge is -2.23. The van der Waals surface area contributed by atoms with E-state index in [1.165, 1.54) is 12.1 Å². The second-order valence-corrected chi connectivity index (χ2v) is 6.13. The number of hydrogen-bond acceptors (Lipinski definition) is 3. The normalized spacial score (nSPS) is 20.3. The molecule has 2 unspecified atom stereocenters. The first kappa shape index (κ1) is 16.2. The molecule has 2 N–H and O–H groups in total. The monoisotopic (exact) mass is 297 g/mol. The fourth-order valence-corrected chi connectivity index (χ4v) is 2.85. The number of rotatable bonds is 5. The van der Waals surface area contributed by atoms with Crippen molar-refractivity contribution in [1.82, 2.24) is 4.90 Å². The number of hydrogen-bond donors (Lipinski definition) is 1. The van der Waals surface area contributed by atoms with Gasteiger partial charge in [-0.2, -0.15) is 0 Å². The average molecular weight is 297 g/mol. The number of nitrogens with two attached hydrogens (primary N) is 1. The summed E-state index contributed by atoms with van der Waals surface area (Å²) in [5.74, 6) is -0.958. The van der Waals surface area contributed by atoms with E-state index in [0.29, 0.717) is 31.1 Å². The highest BCUT2D eigenvalue weighted by molar-refractivity contribution is 5.52. The lowest BCUT2D eigenvalue weighted by atomic mass is 10.0. The lowest BCUT2D eigenvalue weighted by molar-refractivity contribution is 0.315. The van der Waals surface area contributed by atoms with Crippen molar-refractivity contribution < 1.29 is 8.78 Å². The highest BCUT2D eigenvalue weighted by Crippen LogP contribution is 2.29. The van der Waals surface area contributed by atoms with Gasteiger partial charge in [-0.15, -0.1) is 0 Å². The number of halogens is 2. The molecule has 118 valence electrons. The van der Waals surface area contributed by atoms with E-state index in [9.17, 15) is 8.78 Å². The summed E-state index contributed by atoms with van der Waals surface area (Å²) in [6.45, 7) is 3.32. The zero-order valence-corrected chi connectivity index (χ0v) is 13.1. The number of likely N-dealkylation sites (N-methyl/N-ethyl adjacent to an activating group) is 1. The van der Waals surface area contributed by atoms with Crippen LogP contribution in [0.15, 0.2) is 12.1 Å². The van der Waals surface area contributed by atoms with Crippen molar-refractivity contribution in [3.05, 3.63) is 29.3 Å².